The lowest BCUT2D eigenvalue weighted by Gasteiger charge is -2.65. The molecule has 6 unspecified atom stereocenters. The Kier molecular flexibility index (Phi) is 3.99. The first kappa shape index (κ1) is 17.7. The number of hydrogen-bond acceptors (Lipinski definition) is 4. The first-order chi connectivity index (χ1) is 11.0. The van der Waals surface area contributed by atoms with Crippen LogP contribution in [-0.4, -0.2) is 29.1 Å². The molecule has 1 N–H and O–H groups in total. The number of fused-ring (bicyclic) bond motifs is 1. The van der Waals surface area contributed by atoms with Gasteiger partial charge in [0, 0.05) is 24.2 Å². The van der Waals surface area contributed by atoms with Gasteiger partial charge in [-0.1, -0.05) is 40.2 Å². The van der Waals surface area contributed by atoms with Crippen LogP contribution in [0.5, 0.6) is 0 Å². The van der Waals surface area contributed by atoms with Crippen molar-refractivity contribution in [2.24, 2.45) is 34.5 Å². The van der Waals surface area contributed by atoms with Gasteiger partial charge in [-0.05, 0) is 36.2 Å². The van der Waals surface area contributed by atoms with E-state index in [2.05, 4.69) is 6.92 Å². The number of hydrogen-bond donors (Lipinski definition) is 1. The van der Waals surface area contributed by atoms with Crippen molar-refractivity contribution in [2.75, 3.05) is 0 Å². The van der Waals surface area contributed by atoms with E-state index < -0.39 is 12.2 Å². The highest BCUT2D eigenvalue weighted by Crippen LogP contribution is 2.71. The fraction of sp³-hybridized carbons (Fsp3) is 0.800. The molecule has 0 aromatic carbocycles. The highest BCUT2D eigenvalue weighted by atomic mass is 16.5. The summed E-state index contributed by atoms with van der Waals surface area (Å²) in [5, 5.41) is 10.8. The average molecular weight is 334 g/mol. The van der Waals surface area contributed by atoms with E-state index >= 15 is 0 Å². The van der Waals surface area contributed by atoms with Crippen LogP contribution in [0.2, 0.25) is 0 Å². The van der Waals surface area contributed by atoms with Crippen molar-refractivity contribution in [1.29, 1.82) is 0 Å². The first-order valence-corrected chi connectivity index (χ1v) is 9.10. The quantitative estimate of drug-likeness (QED) is 0.806. The van der Waals surface area contributed by atoms with Crippen LogP contribution in [0, 0.1) is 34.5 Å². The Labute approximate surface area is 144 Å². The van der Waals surface area contributed by atoms with Crippen LogP contribution in [0.15, 0.2) is 11.6 Å². The number of aliphatic hydroxyl groups is 1. The molecule has 4 aliphatic carbocycles. The van der Waals surface area contributed by atoms with E-state index in [1.807, 2.05) is 34.6 Å². The van der Waals surface area contributed by atoms with Crippen molar-refractivity contribution >= 4 is 11.8 Å². The Hall–Kier alpha value is -1.16. The van der Waals surface area contributed by atoms with Crippen molar-refractivity contribution in [3.63, 3.8) is 0 Å². The van der Waals surface area contributed by atoms with Crippen LogP contribution in [0.4, 0.5) is 0 Å². The van der Waals surface area contributed by atoms with Gasteiger partial charge in [0.1, 0.15) is 6.10 Å². The minimum atomic E-state index is -0.577. The summed E-state index contributed by atoms with van der Waals surface area (Å²) >= 11 is 0. The molecule has 4 bridgehead atoms. The Balaban J connectivity index is 1.99. The Morgan fingerprint density at radius 3 is 2.50 bits per heavy atom. The minimum absolute atomic E-state index is 0.129. The Bertz CT molecular complexity index is 603. The molecular formula is C20H30O4. The van der Waals surface area contributed by atoms with Gasteiger partial charge in [-0.15, -0.1) is 0 Å². The molecule has 134 valence electrons. The third-order valence-electron chi connectivity index (χ3n) is 6.92. The number of carbonyl (C=O) groups excluding carboxylic acids is 2. The van der Waals surface area contributed by atoms with E-state index in [9.17, 15) is 14.7 Å². The predicted molar refractivity (Wildman–Crippen MR) is 91.1 cm³/mol. The van der Waals surface area contributed by atoms with Gasteiger partial charge >= 0.3 is 5.97 Å². The summed E-state index contributed by atoms with van der Waals surface area (Å²) in [6.45, 7) is 12.1. The van der Waals surface area contributed by atoms with Gasteiger partial charge in [-0.2, -0.15) is 0 Å². The molecule has 0 aliphatic heterocycles. The standard InChI is InChI=1S/C20H30O4/c1-10(2)7-15(23)24-14-9-13(22)19(4,5)18-16-11(3)8-12(21)17(18)20(14,16)6/h8,10,13-14,16-18,22H,7,9H2,1-6H3. The van der Waals surface area contributed by atoms with Crippen LogP contribution >= 0.6 is 0 Å². The van der Waals surface area contributed by atoms with Crippen LogP contribution < -0.4 is 0 Å². The molecule has 0 amide bonds. The van der Waals surface area contributed by atoms with Crippen molar-refractivity contribution in [2.45, 2.75) is 66.6 Å². The number of ether oxygens (including phenoxy) is 1. The molecule has 0 heterocycles. The van der Waals surface area contributed by atoms with E-state index in [0.717, 1.165) is 5.57 Å². The topological polar surface area (TPSA) is 63.6 Å². The second kappa shape index (κ2) is 5.42. The third kappa shape index (κ3) is 2.22. The lowest BCUT2D eigenvalue weighted by atomic mass is 9.37. The molecule has 0 saturated heterocycles. The molecule has 4 rings (SSSR count). The maximum atomic E-state index is 12.7. The van der Waals surface area contributed by atoms with Crippen molar-refractivity contribution in [1.82, 2.24) is 0 Å². The second-order valence-corrected chi connectivity index (χ2v) is 9.29. The number of rotatable bonds is 3. The van der Waals surface area contributed by atoms with E-state index in [1.54, 1.807) is 6.08 Å². The average Bonchev–Trinajstić information content (AvgIpc) is 2.50. The molecule has 4 nitrogen and oxygen atoms in total. The Morgan fingerprint density at radius 1 is 1.33 bits per heavy atom. The second-order valence-electron chi connectivity index (χ2n) is 9.29. The summed E-state index contributed by atoms with van der Waals surface area (Å²) in [6.07, 6.45) is 1.56. The zero-order chi connectivity index (χ0) is 18.0. The van der Waals surface area contributed by atoms with Gasteiger partial charge in [-0.25, -0.2) is 0 Å². The van der Waals surface area contributed by atoms with Crippen molar-refractivity contribution < 1.29 is 19.4 Å². The summed E-state index contributed by atoms with van der Waals surface area (Å²) in [4.78, 5) is 25.0. The molecule has 2 saturated carbocycles. The number of allylic oxidation sites excluding steroid dienone is 2. The molecule has 0 spiro atoms. The molecule has 0 aromatic rings. The van der Waals surface area contributed by atoms with Gasteiger partial charge in [0.25, 0.3) is 0 Å². The molecule has 24 heavy (non-hydrogen) atoms. The monoisotopic (exact) mass is 334 g/mol. The maximum Gasteiger partial charge on any atom is 0.306 e. The summed E-state index contributed by atoms with van der Waals surface area (Å²) in [5.41, 5.74) is 0.323. The zero-order valence-corrected chi connectivity index (χ0v) is 15.6. The first-order valence-electron chi connectivity index (χ1n) is 9.10. The number of aliphatic hydroxyl groups excluding tert-OH is 1. The van der Waals surface area contributed by atoms with E-state index in [1.165, 1.54) is 0 Å². The molecular weight excluding hydrogens is 304 g/mol. The third-order valence-corrected chi connectivity index (χ3v) is 6.92. The number of carbonyl (C=O) groups is 2. The maximum absolute atomic E-state index is 12.7. The smallest absolute Gasteiger partial charge is 0.306 e. The number of ketones is 1. The lowest BCUT2D eigenvalue weighted by molar-refractivity contribution is -0.203. The summed E-state index contributed by atoms with van der Waals surface area (Å²) in [5.74, 6) is 0.311. The SMILES string of the molecule is CC1=CC(=O)C2C3C1C2(C)C(OC(=O)CC(C)C)CC(O)C3(C)C. The molecule has 4 heteroatoms. The highest BCUT2D eigenvalue weighted by Gasteiger charge is 2.73. The lowest BCUT2D eigenvalue weighted by Crippen LogP contribution is -2.67. The molecule has 0 radical (unpaired) electrons. The van der Waals surface area contributed by atoms with E-state index in [0.29, 0.717) is 12.8 Å². The van der Waals surface area contributed by atoms with Gasteiger partial charge in [0.2, 0.25) is 0 Å². The van der Waals surface area contributed by atoms with Gasteiger partial charge in [-0.3, -0.25) is 9.59 Å². The summed E-state index contributed by atoms with van der Waals surface area (Å²) in [6, 6.07) is 0. The van der Waals surface area contributed by atoms with Gasteiger partial charge in [0.05, 0.1) is 6.10 Å². The van der Waals surface area contributed by atoms with Crippen LogP contribution in [0.3, 0.4) is 0 Å². The molecule has 4 aliphatic rings. The highest BCUT2D eigenvalue weighted by molar-refractivity contribution is 5.96. The Morgan fingerprint density at radius 2 is 1.96 bits per heavy atom. The predicted octanol–water partition coefficient (Wildman–Crippen LogP) is 3.13. The molecule has 6 atom stereocenters. The van der Waals surface area contributed by atoms with E-state index in [4.69, 9.17) is 4.74 Å². The fourth-order valence-corrected chi connectivity index (χ4v) is 5.66. The largest absolute Gasteiger partial charge is 0.462 e. The van der Waals surface area contributed by atoms with E-state index in [-0.39, 0.29) is 46.3 Å². The van der Waals surface area contributed by atoms with Gasteiger partial charge < -0.3 is 9.84 Å². The zero-order valence-electron chi connectivity index (χ0n) is 15.6. The number of esters is 1. The summed E-state index contributed by atoms with van der Waals surface area (Å²) < 4.78 is 5.85. The van der Waals surface area contributed by atoms with Crippen molar-refractivity contribution in [3.05, 3.63) is 11.6 Å². The van der Waals surface area contributed by atoms with Crippen LogP contribution in [0.25, 0.3) is 0 Å². The summed E-state index contributed by atoms with van der Waals surface area (Å²) in [7, 11) is 0. The van der Waals surface area contributed by atoms with Crippen LogP contribution in [0.1, 0.15) is 54.4 Å². The van der Waals surface area contributed by atoms with Crippen molar-refractivity contribution in [3.8, 4) is 0 Å². The normalized spacial score (nSPS) is 42.9. The molecule has 2 fully saturated rings. The van der Waals surface area contributed by atoms with Gasteiger partial charge in [0.15, 0.2) is 5.78 Å². The fourth-order valence-electron chi connectivity index (χ4n) is 5.66. The van der Waals surface area contributed by atoms with Crippen LogP contribution in [-0.2, 0) is 14.3 Å². The molecule has 0 aromatic heterocycles. The minimum Gasteiger partial charge on any atom is -0.462 e.